The number of aromatic nitrogens is 3. The number of nitrogens with one attached hydrogen (secondary N) is 1. The Balaban J connectivity index is 1.59. The average molecular weight is 346 g/mol. The third-order valence-corrected chi connectivity index (χ3v) is 4.94. The lowest BCUT2D eigenvalue weighted by Gasteiger charge is -2.08. The molecule has 0 bridgehead atoms. The van der Waals surface area contributed by atoms with E-state index in [4.69, 9.17) is 4.74 Å². The molecule has 126 valence electrons. The second kappa shape index (κ2) is 6.98. The summed E-state index contributed by atoms with van der Waals surface area (Å²) in [5.74, 6) is 0.477. The Labute approximate surface area is 140 Å². The lowest BCUT2D eigenvalue weighted by molar-refractivity contribution is 0.397. The number of rotatable bonds is 7. The van der Waals surface area contributed by atoms with Gasteiger partial charge in [-0.2, -0.15) is 0 Å². The standard InChI is InChI=1S/C16H18N4O3S/c1-23-16-7-6-13(10-17-16)11-19-24(21,22)9-8-20-12-18-14-4-2-3-5-15(14)20/h2-7,10,12,19H,8-9,11H2,1H3. The van der Waals surface area contributed by atoms with Crippen LogP contribution in [-0.2, 0) is 23.1 Å². The largest absolute Gasteiger partial charge is 0.481 e. The fraction of sp³-hybridized carbons (Fsp3) is 0.250. The monoisotopic (exact) mass is 346 g/mol. The number of fused-ring (bicyclic) bond motifs is 1. The van der Waals surface area contributed by atoms with E-state index in [2.05, 4.69) is 14.7 Å². The minimum absolute atomic E-state index is 0.0169. The number of sulfonamides is 1. The van der Waals surface area contributed by atoms with Crippen LogP contribution in [0.15, 0.2) is 48.9 Å². The highest BCUT2D eigenvalue weighted by atomic mass is 32.2. The van der Waals surface area contributed by atoms with Crippen LogP contribution < -0.4 is 9.46 Å². The van der Waals surface area contributed by atoms with Gasteiger partial charge in [-0.05, 0) is 17.7 Å². The van der Waals surface area contributed by atoms with Crippen LogP contribution in [0.2, 0.25) is 0 Å². The maximum absolute atomic E-state index is 12.2. The summed E-state index contributed by atoms with van der Waals surface area (Å²) in [4.78, 5) is 8.31. The Hall–Kier alpha value is -2.45. The summed E-state index contributed by atoms with van der Waals surface area (Å²) in [5, 5.41) is 0. The molecule has 3 rings (SSSR count). The van der Waals surface area contributed by atoms with E-state index in [1.807, 2.05) is 28.8 Å². The highest BCUT2D eigenvalue weighted by Gasteiger charge is 2.11. The van der Waals surface area contributed by atoms with Crippen LogP contribution in [0, 0.1) is 0 Å². The average Bonchev–Trinajstić information content (AvgIpc) is 3.02. The van der Waals surface area contributed by atoms with Gasteiger partial charge < -0.3 is 9.30 Å². The van der Waals surface area contributed by atoms with E-state index in [1.54, 1.807) is 24.7 Å². The molecular formula is C16H18N4O3S. The number of nitrogens with zero attached hydrogens (tertiary/aromatic N) is 3. The number of hydrogen-bond acceptors (Lipinski definition) is 5. The maximum atomic E-state index is 12.2. The van der Waals surface area contributed by atoms with Crippen molar-refractivity contribution in [3.05, 3.63) is 54.5 Å². The van der Waals surface area contributed by atoms with E-state index in [0.29, 0.717) is 12.4 Å². The third-order valence-electron chi connectivity index (χ3n) is 3.63. The lowest BCUT2D eigenvalue weighted by Crippen LogP contribution is -2.28. The van der Waals surface area contributed by atoms with Gasteiger partial charge in [0, 0.05) is 25.4 Å². The van der Waals surface area contributed by atoms with Crippen molar-refractivity contribution in [1.82, 2.24) is 19.3 Å². The van der Waals surface area contributed by atoms with Crippen LogP contribution in [0.1, 0.15) is 5.56 Å². The number of hydrogen-bond donors (Lipinski definition) is 1. The molecule has 0 saturated heterocycles. The number of imidazole rings is 1. The van der Waals surface area contributed by atoms with Crippen molar-refractivity contribution in [2.75, 3.05) is 12.9 Å². The summed E-state index contributed by atoms with van der Waals surface area (Å²) in [7, 11) is -1.87. The molecule has 0 aliphatic carbocycles. The van der Waals surface area contributed by atoms with Crippen LogP contribution in [0.25, 0.3) is 11.0 Å². The number of para-hydroxylation sites is 2. The molecule has 1 aromatic carbocycles. The molecule has 7 nitrogen and oxygen atoms in total. The molecule has 0 aliphatic heterocycles. The van der Waals surface area contributed by atoms with Crippen molar-refractivity contribution in [2.45, 2.75) is 13.1 Å². The van der Waals surface area contributed by atoms with Crippen LogP contribution in [-0.4, -0.2) is 35.8 Å². The minimum Gasteiger partial charge on any atom is -0.481 e. The molecule has 0 fully saturated rings. The summed E-state index contributed by atoms with van der Waals surface area (Å²) >= 11 is 0. The first-order valence-electron chi connectivity index (χ1n) is 7.43. The van der Waals surface area contributed by atoms with Gasteiger partial charge in [0.1, 0.15) is 0 Å². The van der Waals surface area contributed by atoms with Crippen LogP contribution in [0.3, 0.4) is 0 Å². The Bertz CT molecular complexity index is 920. The maximum Gasteiger partial charge on any atom is 0.213 e. The smallest absolute Gasteiger partial charge is 0.213 e. The molecule has 0 amide bonds. The molecule has 0 spiro atoms. The first-order chi connectivity index (χ1) is 11.6. The Morgan fingerprint density at radius 2 is 2.00 bits per heavy atom. The molecule has 2 aromatic heterocycles. The van der Waals surface area contributed by atoms with Gasteiger partial charge in [-0.15, -0.1) is 0 Å². The molecule has 0 atom stereocenters. The number of aryl methyl sites for hydroxylation is 1. The number of benzene rings is 1. The van der Waals surface area contributed by atoms with Crippen molar-refractivity contribution in [1.29, 1.82) is 0 Å². The zero-order chi connectivity index (χ0) is 17.0. The zero-order valence-electron chi connectivity index (χ0n) is 13.2. The van der Waals surface area contributed by atoms with E-state index in [-0.39, 0.29) is 12.3 Å². The van der Waals surface area contributed by atoms with E-state index in [9.17, 15) is 8.42 Å². The predicted octanol–water partition coefficient (Wildman–Crippen LogP) is 1.56. The van der Waals surface area contributed by atoms with Gasteiger partial charge >= 0.3 is 0 Å². The van der Waals surface area contributed by atoms with Gasteiger partial charge in [-0.1, -0.05) is 18.2 Å². The van der Waals surface area contributed by atoms with Crippen LogP contribution in [0.5, 0.6) is 5.88 Å². The molecule has 8 heteroatoms. The fourth-order valence-electron chi connectivity index (χ4n) is 2.31. The Morgan fingerprint density at radius 1 is 1.17 bits per heavy atom. The zero-order valence-corrected chi connectivity index (χ0v) is 14.0. The van der Waals surface area contributed by atoms with E-state index < -0.39 is 10.0 Å². The summed E-state index contributed by atoms with van der Waals surface area (Å²) in [5.41, 5.74) is 2.55. The molecule has 3 aromatic rings. The predicted molar refractivity (Wildman–Crippen MR) is 91.1 cm³/mol. The number of ether oxygens (including phenoxy) is 1. The van der Waals surface area contributed by atoms with Crippen molar-refractivity contribution in [2.24, 2.45) is 0 Å². The lowest BCUT2D eigenvalue weighted by atomic mass is 10.3. The SMILES string of the molecule is COc1ccc(CNS(=O)(=O)CCn2cnc3ccccc32)cn1. The molecule has 0 unspecified atom stereocenters. The first-order valence-corrected chi connectivity index (χ1v) is 9.09. The topological polar surface area (TPSA) is 86.1 Å². The van der Waals surface area contributed by atoms with Gasteiger partial charge in [0.2, 0.25) is 15.9 Å². The fourth-order valence-corrected chi connectivity index (χ4v) is 3.28. The second-order valence-electron chi connectivity index (χ2n) is 5.28. The second-order valence-corrected chi connectivity index (χ2v) is 7.20. The summed E-state index contributed by atoms with van der Waals surface area (Å²) < 4.78 is 33.7. The summed E-state index contributed by atoms with van der Waals surface area (Å²) in [6.45, 7) is 0.542. The van der Waals surface area contributed by atoms with Crippen LogP contribution in [0.4, 0.5) is 0 Å². The Kier molecular flexibility index (Phi) is 4.77. The highest BCUT2D eigenvalue weighted by Crippen LogP contribution is 2.12. The van der Waals surface area contributed by atoms with Gasteiger partial charge in [-0.25, -0.2) is 23.1 Å². The van der Waals surface area contributed by atoms with E-state index in [1.165, 1.54) is 7.11 Å². The van der Waals surface area contributed by atoms with E-state index in [0.717, 1.165) is 16.6 Å². The van der Waals surface area contributed by atoms with Crippen LogP contribution >= 0.6 is 0 Å². The van der Waals surface area contributed by atoms with Crippen molar-refractivity contribution < 1.29 is 13.2 Å². The van der Waals surface area contributed by atoms with Crippen molar-refractivity contribution in [3.8, 4) is 5.88 Å². The molecule has 1 N–H and O–H groups in total. The number of pyridine rings is 1. The quantitative estimate of drug-likeness (QED) is 0.702. The minimum atomic E-state index is -3.40. The number of methoxy groups -OCH3 is 1. The van der Waals surface area contributed by atoms with Gasteiger partial charge in [0.05, 0.1) is 30.2 Å². The molecule has 24 heavy (non-hydrogen) atoms. The molecule has 0 aliphatic rings. The normalized spacial score (nSPS) is 11.7. The van der Waals surface area contributed by atoms with E-state index >= 15 is 0 Å². The molecule has 0 radical (unpaired) electrons. The van der Waals surface area contributed by atoms with Gasteiger partial charge in [0.15, 0.2) is 0 Å². The third kappa shape index (κ3) is 3.90. The molecule has 0 saturated carbocycles. The highest BCUT2D eigenvalue weighted by molar-refractivity contribution is 7.89. The summed E-state index contributed by atoms with van der Waals surface area (Å²) in [6.07, 6.45) is 3.25. The van der Waals surface area contributed by atoms with Gasteiger partial charge in [-0.3, -0.25) is 0 Å². The molecule has 2 heterocycles. The summed E-state index contributed by atoms with van der Waals surface area (Å²) in [6, 6.07) is 11.1. The Morgan fingerprint density at radius 3 is 2.75 bits per heavy atom. The first kappa shape index (κ1) is 16.4. The molecular weight excluding hydrogens is 328 g/mol. The van der Waals surface area contributed by atoms with Gasteiger partial charge in [0.25, 0.3) is 0 Å². The van der Waals surface area contributed by atoms with Crippen molar-refractivity contribution >= 4 is 21.1 Å². The van der Waals surface area contributed by atoms with Crippen molar-refractivity contribution in [3.63, 3.8) is 0 Å².